The fourth-order valence-electron chi connectivity index (χ4n) is 3.38. The number of hydrogen-bond donors (Lipinski definition) is 1. The normalized spacial score (nSPS) is 11.0. The molecule has 0 aromatic carbocycles. The van der Waals surface area contributed by atoms with Gasteiger partial charge in [0.25, 0.3) is 0 Å². The molecule has 0 saturated heterocycles. The second-order valence-corrected chi connectivity index (χ2v) is 8.05. The van der Waals surface area contributed by atoms with Crippen molar-refractivity contribution in [2.75, 3.05) is 6.54 Å². The summed E-state index contributed by atoms with van der Waals surface area (Å²) in [6, 6.07) is 0. The molecule has 0 bridgehead atoms. The van der Waals surface area contributed by atoms with Crippen molar-refractivity contribution in [2.45, 2.75) is 129 Å². The van der Waals surface area contributed by atoms with E-state index in [1.807, 2.05) is 0 Å². The highest BCUT2D eigenvalue weighted by Crippen LogP contribution is 2.15. The molecule has 0 aliphatic carbocycles. The highest BCUT2D eigenvalue weighted by molar-refractivity contribution is 4.51. The highest BCUT2D eigenvalue weighted by Gasteiger charge is 1.96. The summed E-state index contributed by atoms with van der Waals surface area (Å²) in [5.41, 5.74) is 3.90. The lowest BCUT2D eigenvalue weighted by Crippen LogP contribution is -3.00. The van der Waals surface area contributed by atoms with E-state index in [-0.39, 0.29) is 17.0 Å². The zero-order valence-electron chi connectivity index (χ0n) is 17.1. The first-order chi connectivity index (χ1) is 11.3. The van der Waals surface area contributed by atoms with E-state index in [4.69, 9.17) is 0 Å². The minimum Gasteiger partial charge on any atom is -1.00 e. The first-order valence-electron chi connectivity index (χ1n) is 11.1. The third-order valence-electron chi connectivity index (χ3n) is 5.03. The molecule has 0 unspecified atom stereocenters. The Morgan fingerprint density at radius 1 is 0.458 bits per heavy atom. The summed E-state index contributed by atoms with van der Waals surface area (Å²) in [5.74, 6) is 0.897. The van der Waals surface area contributed by atoms with Gasteiger partial charge in [-0.15, -0.1) is 0 Å². The first kappa shape index (κ1) is 26.7. The van der Waals surface area contributed by atoms with Gasteiger partial charge in [-0.1, -0.05) is 117 Å². The van der Waals surface area contributed by atoms with Crippen molar-refractivity contribution in [2.24, 2.45) is 5.92 Å². The zero-order chi connectivity index (χ0) is 17.0. The van der Waals surface area contributed by atoms with E-state index >= 15 is 0 Å². The smallest absolute Gasteiger partial charge is 0.0739 e. The lowest BCUT2D eigenvalue weighted by molar-refractivity contribution is -0.368. The van der Waals surface area contributed by atoms with Crippen LogP contribution in [0.25, 0.3) is 0 Å². The van der Waals surface area contributed by atoms with Crippen molar-refractivity contribution in [1.82, 2.24) is 0 Å². The Kier molecular flexibility index (Phi) is 26.0. The van der Waals surface area contributed by atoms with Crippen molar-refractivity contribution in [3.63, 3.8) is 0 Å². The molecule has 0 aromatic heterocycles. The van der Waals surface area contributed by atoms with E-state index in [1.165, 1.54) is 116 Å². The molecule has 1 nitrogen and oxygen atoms in total. The van der Waals surface area contributed by atoms with Gasteiger partial charge in [0, 0.05) is 0 Å². The molecule has 0 spiro atoms. The van der Waals surface area contributed by atoms with Gasteiger partial charge in [0.15, 0.2) is 0 Å². The topological polar surface area (TPSA) is 27.6 Å². The SMILES string of the molecule is CC(C)CCCCCCCCCCCCCCCCCCC[NH3+].[Br-]. The average Bonchev–Trinajstić information content (AvgIpc) is 2.53. The number of hydrogen-bond acceptors (Lipinski definition) is 0. The van der Waals surface area contributed by atoms with Crippen LogP contribution in [0, 0.1) is 5.92 Å². The molecule has 0 aliphatic rings. The van der Waals surface area contributed by atoms with Crippen molar-refractivity contribution < 1.29 is 22.7 Å². The predicted octanol–water partition coefficient (Wildman–Crippen LogP) is 3.91. The summed E-state index contributed by atoms with van der Waals surface area (Å²) in [6.45, 7) is 5.80. The fraction of sp³-hybridized carbons (Fsp3) is 1.00. The largest absolute Gasteiger partial charge is 1.00 e. The molecule has 2 heteroatoms. The lowest BCUT2D eigenvalue weighted by Gasteiger charge is -2.05. The monoisotopic (exact) mass is 405 g/mol. The Morgan fingerprint density at radius 2 is 0.708 bits per heavy atom. The van der Waals surface area contributed by atoms with Crippen LogP contribution in [0.4, 0.5) is 0 Å². The van der Waals surface area contributed by atoms with Gasteiger partial charge >= 0.3 is 0 Å². The van der Waals surface area contributed by atoms with E-state index in [0.29, 0.717) is 0 Å². The molecule has 148 valence electrons. The molecule has 24 heavy (non-hydrogen) atoms. The van der Waals surface area contributed by atoms with Crippen LogP contribution in [-0.4, -0.2) is 6.54 Å². The number of quaternary nitrogens is 1. The fourth-order valence-corrected chi connectivity index (χ4v) is 3.38. The van der Waals surface area contributed by atoms with E-state index in [9.17, 15) is 0 Å². The molecule has 0 radical (unpaired) electrons. The summed E-state index contributed by atoms with van der Waals surface area (Å²) in [7, 11) is 0. The summed E-state index contributed by atoms with van der Waals surface area (Å²) < 4.78 is 0. The highest BCUT2D eigenvalue weighted by atomic mass is 79.9. The van der Waals surface area contributed by atoms with Crippen molar-refractivity contribution in [1.29, 1.82) is 0 Å². The van der Waals surface area contributed by atoms with Gasteiger partial charge in [-0.3, -0.25) is 0 Å². The Balaban J connectivity index is 0. The molecule has 0 amide bonds. The van der Waals surface area contributed by atoms with Crippen LogP contribution >= 0.6 is 0 Å². The summed E-state index contributed by atoms with van der Waals surface area (Å²) >= 11 is 0. The van der Waals surface area contributed by atoms with Crippen LogP contribution in [0.2, 0.25) is 0 Å². The van der Waals surface area contributed by atoms with Gasteiger partial charge in [0.2, 0.25) is 0 Å². The Morgan fingerprint density at radius 3 is 0.958 bits per heavy atom. The molecule has 0 fully saturated rings. The minimum absolute atomic E-state index is 0. The average molecular weight is 407 g/mol. The van der Waals surface area contributed by atoms with Gasteiger partial charge in [0.1, 0.15) is 0 Å². The maximum atomic E-state index is 3.90. The van der Waals surface area contributed by atoms with Crippen molar-refractivity contribution >= 4 is 0 Å². The second kappa shape index (κ2) is 23.4. The van der Waals surface area contributed by atoms with Crippen molar-refractivity contribution in [3.8, 4) is 0 Å². The predicted molar refractivity (Wildman–Crippen MR) is 106 cm³/mol. The van der Waals surface area contributed by atoms with Crippen LogP contribution in [0.3, 0.4) is 0 Å². The summed E-state index contributed by atoms with van der Waals surface area (Å²) in [4.78, 5) is 0. The third kappa shape index (κ3) is 24.7. The molecular formula is C22H48BrN. The zero-order valence-corrected chi connectivity index (χ0v) is 18.7. The van der Waals surface area contributed by atoms with Crippen LogP contribution in [0.5, 0.6) is 0 Å². The number of halogens is 1. The first-order valence-corrected chi connectivity index (χ1v) is 11.1. The van der Waals surface area contributed by atoms with Gasteiger partial charge in [-0.2, -0.15) is 0 Å². The molecule has 0 atom stereocenters. The molecule has 0 rings (SSSR count). The van der Waals surface area contributed by atoms with E-state index in [2.05, 4.69) is 19.6 Å². The van der Waals surface area contributed by atoms with Gasteiger partial charge in [-0.05, 0) is 18.8 Å². The van der Waals surface area contributed by atoms with Crippen LogP contribution in [0.1, 0.15) is 129 Å². The van der Waals surface area contributed by atoms with Gasteiger partial charge in [-0.25, -0.2) is 0 Å². The second-order valence-electron chi connectivity index (χ2n) is 8.05. The summed E-state index contributed by atoms with van der Waals surface area (Å²) in [5, 5.41) is 0. The maximum Gasteiger partial charge on any atom is 0.0739 e. The Labute approximate surface area is 164 Å². The number of unbranched alkanes of at least 4 members (excludes halogenated alkanes) is 16. The standard InChI is InChI=1S/C22H47N.BrH/c1-22(2)20-18-16-14-12-10-8-6-4-3-5-7-9-11-13-15-17-19-21-23;/h22H,3-21,23H2,1-2H3;1H. The number of rotatable bonds is 19. The van der Waals surface area contributed by atoms with E-state index < -0.39 is 0 Å². The van der Waals surface area contributed by atoms with E-state index in [1.54, 1.807) is 0 Å². The van der Waals surface area contributed by atoms with E-state index in [0.717, 1.165) is 12.5 Å². The quantitative estimate of drug-likeness (QED) is 0.315. The minimum atomic E-state index is 0. The van der Waals surface area contributed by atoms with Crippen LogP contribution in [-0.2, 0) is 0 Å². The van der Waals surface area contributed by atoms with Crippen LogP contribution < -0.4 is 22.7 Å². The van der Waals surface area contributed by atoms with Crippen molar-refractivity contribution in [3.05, 3.63) is 0 Å². The summed E-state index contributed by atoms with van der Waals surface area (Å²) in [6.07, 6.45) is 26.2. The van der Waals surface area contributed by atoms with Gasteiger partial charge < -0.3 is 22.7 Å². The molecule has 0 saturated carbocycles. The van der Waals surface area contributed by atoms with Gasteiger partial charge in [0.05, 0.1) is 6.54 Å². The molecular weight excluding hydrogens is 358 g/mol. The molecule has 0 heterocycles. The molecule has 0 aliphatic heterocycles. The Hall–Kier alpha value is 0.440. The Bertz CT molecular complexity index is 206. The third-order valence-corrected chi connectivity index (χ3v) is 5.03. The maximum absolute atomic E-state index is 3.90. The molecule has 0 aromatic rings. The lowest BCUT2D eigenvalue weighted by atomic mass is 10.0. The molecule has 3 N–H and O–H groups in total. The van der Waals surface area contributed by atoms with Crippen LogP contribution in [0.15, 0.2) is 0 Å².